The van der Waals surface area contributed by atoms with Crippen molar-refractivity contribution < 1.29 is 53.4 Å². The van der Waals surface area contributed by atoms with Crippen LogP contribution in [0.25, 0.3) is 21.8 Å². The van der Waals surface area contributed by atoms with Crippen molar-refractivity contribution in [3.05, 3.63) is 71.1 Å². The lowest BCUT2D eigenvalue weighted by molar-refractivity contribution is -0.271. The Morgan fingerprint density at radius 3 is 2.59 bits per heavy atom. The number of benzene rings is 1. The van der Waals surface area contributed by atoms with Crippen LogP contribution >= 0.6 is 11.8 Å². The van der Waals surface area contributed by atoms with Gasteiger partial charge in [0.25, 0.3) is 0 Å². The number of ketones is 2. The molecule has 6 rings (SSSR count). The SMILES string of the molecule is COC(=O)NC1C(=O)C[C@H](O)/C(=C/CS(C)(=S)=S)C2=C1C#C/C=C\C#C[C@@H]2OC1OC(C)C(SC)(C(=O)c2nccc3c2[nH]c2ccc(O)cc23)C(O)C1OC(=O)NCCNC(C)C. The van der Waals surface area contributed by atoms with E-state index in [-0.39, 0.29) is 46.5 Å². The van der Waals surface area contributed by atoms with Crippen molar-refractivity contribution in [3.63, 3.8) is 0 Å². The van der Waals surface area contributed by atoms with E-state index >= 15 is 4.79 Å². The molecule has 2 aromatic heterocycles. The van der Waals surface area contributed by atoms with Gasteiger partial charge in [-0.15, -0.1) is 11.8 Å². The molecule has 0 radical (unpaired) electrons. The number of phenolic OH excluding ortho intramolecular Hbond substituents is 1. The number of carbonyl (C=O) groups is 4. The molecule has 7 N–H and O–H groups in total. The Morgan fingerprint density at radius 1 is 1.14 bits per heavy atom. The number of H-pyrrole nitrogens is 1. The van der Waals surface area contributed by atoms with Gasteiger partial charge in [-0.1, -0.05) is 50.8 Å². The van der Waals surface area contributed by atoms with E-state index in [1.165, 1.54) is 24.4 Å². The third-order valence-electron chi connectivity index (χ3n) is 10.8. The Kier molecular flexibility index (Phi) is 15.6. The Morgan fingerprint density at radius 2 is 1.89 bits per heavy atom. The molecule has 8 atom stereocenters. The van der Waals surface area contributed by atoms with Crippen molar-refractivity contribution in [1.82, 2.24) is 25.9 Å². The van der Waals surface area contributed by atoms with Crippen LogP contribution in [-0.4, -0.2) is 141 Å². The van der Waals surface area contributed by atoms with Crippen LogP contribution in [0.1, 0.15) is 37.7 Å². The van der Waals surface area contributed by atoms with Crippen LogP contribution in [0.3, 0.4) is 0 Å². The predicted molar refractivity (Wildman–Crippen MR) is 250 cm³/mol. The first kappa shape index (κ1) is 48.6. The summed E-state index contributed by atoms with van der Waals surface area (Å²) in [5, 5.41) is 44.2. The third-order valence-corrected chi connectivity index (χ3v) is 13.8. The Hall–Kier alpha value is -4.87. The number of hydrogen-bond acceptors (Lipinski definition) is 16. The van der Waals surface area contributed by atoms with Gasteiger partial charge >= 0.3 is 12.2 Å². The minimum Gasteiger partial charge on any atom is -0.508 e. The number of carbonyl (C=O) groups excluding carboxylic acids is 4. The number of allylic oxidation sites excluding steroid dienone is 2. The van der Waals surface area contributed by atoms with E-state index in [1.54, 1.807) is 43.7 Å². The maximum absolute atomic E-state index is 15.1. The number of aromatic amines is 1. The molecule has 2 aliphatic carbocycles. The van der Waals surface area contributed by atoms with Crippen molar-refractivity contribution in [1.29, 1.82) is 0 Å². The summed E-state index contributed by atoms with van der Waals surface area (Å²) in [6, 6.07) is 5.10. The molecule has 0 bridgehead atoms. The molecule has 3 aromatic rings. The van der Waals surface area contributed by atoms with E-state index in [0.29, 0.717) is 28.4 Å². The number of amides is 2. The van der Waals surface area contributed by atoms with Crippen LogP contribution in [0, 0.1) is 23.7 Å². The summed E-state index contributed by atoms with van der Waals surface area (Å²) < 4.78 is 22.2. The summed E-state index contributed by atoms with van der Waals surface area (Å²) >= 11 is 12.1. The number of aliphatic hydroxyl groups is 2. The van der Waals surface area contributed by atoms with E-state index in [9.17, 15) is 29.7 Å². The lowest BCUT2D eigenvalue weighted by atomic mass is 9.83. The first-order valence-electron chi connectivity index (χ1n) is 20.1. The standard InChI is InChI=1S/C44H49N5O11S4/c1-23(2)45-18-19-47-42(55)60-38-40(54)44(63-5,39(53)37-36-26(15-17-46-37)29-21-25(50)13-14-30(29)48-36)24(3)58-41(38)59-33-12-10-8-7-9-11-28-34(33)27(16-20-64(6,61)62)31(51)22-32(52)35(28)49-43(56)57-4/h7-8,13-17,21,23-24,31,33,35,38,40-41,45,48,50-51,54H,18-20,22H2,1-6H3,(H,47,55)(H,49,56)/b8-7-,27-16-/t24?,31-,33-,35?,38?,40?,41?,44?/m0/s1. The highest BCUT2D eigenvalue weighted by atomic mass is 33.1. The zero-order chi connectivity index (χ0) is 46.5. The number of alkyl carbamates (subject to hydrolysis) is 2. The number of methoxy groups -OCH3 is 1. The van der Waals surface area contributed by atoms with Gasteiger partial charge in [0.2, 0.25) is 5.78 Å². The van der Waals surface area contributed by atoms with Gasteiger partial charge < -0.3 is 55.2 Å². The van der Waals surface area contributed by atoms with Crippen molar-refractivity contribution in [2.45, 2.75) is 80.8 Å². The van der Waals surface area contributed by atoms with Gasteiger partial charge in [-0.25, -0.2) is 9.59 Å². The summed E-state index contributed by atoms with van der Waals surface area (Å²) in [7, 11) is -0.931. The smallest absolute Gasteiger partial charge is 0.407 e. The number of Topliss-reactive ketones (excluding diaryl/α,β-unsaturated/α-hetero) is 2. The molecule has 0 spiro atoms. The van der Waals surface area contributed by atoms with E-state index in [1.807, 2.05) is 13.8 Å². The molecule has 340 valence electrons. The third kappa shape index (κ3) is 10.5. The maximum Gasteiger partial charge on any atom is 0.407 e. The summed E-state index contributed by atoms with van der Waals surface area (Å²) in [5.74, 6) is 10.5. The number of ether oxygens (including phenoxy) is 4. The number of fused-ring (bicyclic) bond motifs is 3. The summed E-state index contributed by atoms with van der Waals surface area (Å²) in [6.07, 6.45) is -2.57. The minimum absolute atomic E-state index is 0.00576. The van der Waals surface area contributed by atoms with Crippen molar-refractivity contribution >= 4 is 86.8 Å². The summed E-state index contributed by atoms with van der Waals surface area (Å²) in [5.41, 5.74) is 1.15. The molecule has 6 unspecified atom stereocenters. The Labute approximate surface area is 384 Å². The molecular weight excluding hydrogens is 903 g/mol. The number of phenols is 1. The van der Waals surface area contributed by atoms with Crippen LogP contribution in [-0.2, 0) is 53.3 Å². The fourth-order valence-corrected chi connectivity index (χ4v) is 9.69. The van der Waals surface area contributed by atoms with Crippen LogP contribution in [0.4, 0.5) is 9.59 Å². The molecule has 0 saturated carbocycles. The maximum atomic E-state index is 15.1. The molecule has 64 heavy (non-hydrogen) atoms. The van der Waals surface area contributed by atoms with Gasteiger partial charge in [-0.3, -0.25) is 14.6 Å². The van der Waals surface area contributed by atoms with Crippen LogP contribution < -0.4 is 16.0 Å². The Balaban J connectivity index is 1.49. The second-order valence-corrected chi connectivity index (χ2v) is 23.8. The van der Waals surface area contributed by atoms with Gasteiger partial charge in [-0.05, 0) is 83.8 Å². The second kappa shape index (κ2) is 20.5. The molecule has 1 aliphatic heterocycles. The van der Waals surface area contributed by atoms with Crippen LogP contribution in [0.15, 0.2) is 65.4 Å². The number of aromatic hydroxyl groups is 1. The van der Waals surface area contributed by atoms with E-state index in [2.05, 4.69) is 49.6 Å². The molecule has 1 saturated heterocycles. The lowest BCUT2D eigenvalue weighted by Gasteiger charge is -2.49. The molecule has 20 heteroatoms. The van der Waals surface area contributed by atoms with Crippen molar-refractivity contribution in [2.75, 3.05) is 38.5 Å². The summed E-state index contributed by atoms with van der Waals surface area (Å²) in [6.45, 7) is 5.96. The number of nitrogens with zero attached hydrogens (tertiary/aromatic N) is 1. The van der Waals surface area contributed by atoms with Gasteiger partial charge in [0.1, 0.15) is 34.4 Å². The van der Waals surface area contributed by atoms with Crippen LogP contribution in [0.2, 0.25) is 0 Å². The fourth-order valence-electron chi connectivity index (χ4n) is 7.75. The lowest BCUT2D eigenvalue weighted by Crippen LogP contribution is -2.68. The highest BCUT2D eigenvalue weighted by Gasteiger charge is 2.61. The molecule has 2 amide bonds. The second-order valence-electron chi connectivity index (χ2n) is 15.5. The Bertz CT molecular complexity index is 2680. The zero-order valence-electron chi connectivity index (χ0n) is 35.8. The number of hydrogen-bond donors (Lipinski definition) is 7. The molecule has 3 heterocycles. The zero-order valence-corrected chi connectivity index (χ0v) is 39.0. The van der Waals surface area contributed by atoms with E-state index < -0.39 is 84.9 Å². The number of pyridine rings is 1. The molecule has 3 aliphatic rings. The normalized spacial score (nSPS) is 26.9. The molecule has 16 nitrogen and oxygen atoms in total. The summed E-state index contributed by atoms with van der Waals surface area (Å²) in [4.78, 5) is 63.0. The highest BCUT2D eigenvalue weighted by Crippen LogP contribution is 2.45. The molecule has 1 fully saturated rings. The number of nitrogens with one attached hydrogen (secondary N) is 4. The first-order valence-corrected chi connectivity index (χ1v) is 25.4. The minimum atomic E-state index is -2.06. The van der Waals surface area contributed by atoms with Gasteiger partial charge in [0.05, 0.1) is 24.8 Å². The van der Waals surface area contributed by atoms with Gasteiger partial charge in [0.15, 0.2) is 18.2 Å². The van der Waals surface area contributed by atoms with Gasteiger partial charge in [0, 0.05) is 64.9 Å². The van der Waals surface area contributed by atoms with Crippen molar-refractivity contribution in [3.8, 4) is 29.4 Å². The number of aliphatic hydroxyl groups excluding tert-OH is 2. The monoisotopic (exact) mass is 951 g/mol. The number of rotatable bonds is 13. The first-order chi connectivity index (χ1) is 30.4. The van der Waals surface area contributed by atoms with Crippen LogP contribution in [0.5, 0.6) is 5.75 Å². The average molecular weight is 952 g/mol. The average Bonchev–Trinajstić information content (AvgIpc) is 3.61. The molecular formula is C44H49N5O11S4. The van der Waals surface area contributed by atoms with Crippen molar-refractivity contribution in [2.24, 2.45) is 0 Å². The number of aromatic nitrogens is 2. The topological polar surface area (TPSA) is 231 Å². The van der Waals surface area contributed by atoms with E-state index in [0.717, 1.165) is 18.9 Å². The largest absolute Gasteiger partial charge is 0.508 e. The highest BCUT2D eigenvalue weighted by molar-refractivity contribution is 8.56. The van der Waals surface area contributed by atoms with E-state index in [4.69, 9.17) is 41.3 Å². The quantitative estimate of drug-likeness (QED) is 0.0742. The predicted octanol–water partition coefficient (Wildman–Crippen LogP) is 2.86. The number of thioether (sulfide) groups is 1. The van der Waals surface area contributed by atoms with Gasteiger partial charge in [-0.2, -0.15) is 0 Å². The fraction of sp³-hybridized carbons (Fsp3) is 0.432. The molecule has 1 aromatic carbocycles.